The Morgan fingerprint density at radius 1 is 1.47 bits per heavy atom. The van der Waals surface area contributed by atoms with Crippen LogP contribution in [0.2, 0.25) is 0 Å². The molecule has 2 rings (SSSR count). The largest absolute Gasteiger partial charge is 0.325 e. The number of aromatic nitrogens is 3. The van der Waals surface area contributed by atoms with E-state index in [1.165, 1.54) is 18.7 Å². The molecule has 100 valence electrons. The lowest BCUT2D eigenvalue weighted by atomic mass is 10.3. The summed E-state index contributed by atoms with van der Waals surface area (Å²) in [6.07, 6.45) is 0. The highest BCUT2D eigenvalue weighted by Gasteiger charge is 2.11. The van der Waals surface area contributed by atoms with Gasteiger partial charge in [0, 0.05) is 18.4 Å². The van der Waals surface area contributed by atoms with Crippen molar-refractivity contribution in [1.29, 1.82) is 0 Å². The molecular formula is C12H13BrN4OS. The number of nitrogens with one attached hydrogen (secondary N) is 1. The van der Waals surface area contributed by atoms with Crippen molar-refractivity contribution in [1.82, 2.24) is 14.8 Å². The van der Waals surface area contributed by atoms with Crippen molar-refractivity contribution in [2.75, 3.05) is 5.32 Å². The summed E-state index contributed by atoms with van der Waals surface area (Å²) in [7, 11) is 0. The number of anilines is 1. The lowest BCUT2D eigenvalue weighted by Gasteiger charge is -2.08. The van der Waals surface area contributed by atoms with Gasteiger partial charge in [-0.05, 0) is 46.7 Å². The van der Waals surface area contributed by atoms with Crippen LogP contribution in [-0.4, -0.2) is 20.7 Å². The van der Waals surface area contributed by atoms with Gasteiger partial charge in [-0.15, -0.1) is 5.10 Å². The zero-order valence-electron chi connectivity index (χ0n) is 10.6. The zero-order chi connectivity index (χ0) is 13.8. The number of hydrogen-bond acceptors (Lipinski definition) is 4. The third-order valence-corrected chi connectivity index (χ3v) is 3.71. The van der Waals surface area contributed by atoms with Gasteiger partial charge in [-0.2, -0.15) is 4.98 Å². The molecule has 0 atom stereocenters. The average Bonchev–Trinajstić information content (AvgIpc) is 2.71. The Morgan fingerprint density at radius 3 is 2.89 bits per heavy atom. The Kier molecular flexibility index (Phi) is 4.60. The quantitative estimate of drug-likeness (QED) is 0.928. The molecule has 0 aliphatic heterocycles. The first-order valence-corrected chi connectivity index (χ1v) is 7.36. The molecule has 1 N–H and O–H groups in total. The Labute approximate surface area is 123 Å². The Bertz CT molecular complexity index is 599. The Hall–Kier alpha value is -1.34. The summed E-state index contributed by atoms with van der Waals surface area (Å²) in [6, 6.07) is 7.62. The summed E-state index contributed by atoms with van der Waals surface area (Å²) in [5, 5.41) is 7.82. The second-order valence-electron chi connectivity index (χ2n) is 3.76. The number of amides is 1. The van der Waals surface area contributed by atoms with E-state index in [2.05, 4.69) is 31.3 Å². The maximum absolute atomic E-state index is 11.2. The maximum Gasteiger partial charge on any atom is 0.221 e. The number of rotatable bonds is 4. The molecule has 0 aliphatic rings. The SMILES string of the molecule is CCn1nc(Br)nc1Sc1ccccc1NC(C)=O. The third kappa shape index (κ3) is 3.57. The molecular weight excluding hydrogens is 328 g/mol. The van der Waals surface area contributed by atoms with Gasteiger partial charge in [-0.1, -0.05) is 12.1 Å². The third-order valence-electron chi connectivity index (χ3n) is 2.31. The number of carbonyl (C=O) groups is 1. The van der Waals surface area contributed by atoms with Crippen LogP contribution in [0.5, 0.6) is 0 Å². The first-order valence-electron chi connectivity index (χ1n) is 5.75. The fourth-order valence-corrected chi connectivity index (χ4v) is 2.99. The summed E-state index contributed by atoms with van der Waals surface area (Å²) < 4.78 is 2.37. The summed E-state index contributed by atoms with van der Waals surface area (Å²) in [4.78, 5) is 16.4. The first kappa shape index (κ1) is 14.1. The van der Waals surface area contributed by atoms with Crippen LogP contribution in [0.25, 0.3) is 0 Å². The number of nitrogens with zero attached hydrogens (tertiary/aromatic N) is 3. The predicted molar refractivity (Wildman–Crippen MR) is 78.3 cm³/mol. The normalized spacial score (nSPS) is 10.5. The zero-order valence-corrected chi connectivity index (χ0v) is 13.0. The fourth-order valence-electron chi connectivity index (χ4n) is 1.53. The molecule has 0 radical (unpaired) electrons. The number of hydrogen-bond donors (Lipinski definition) is 1. The molecule has 1 heterocycles. The summed E-state index contributed by atoms with van der Waals surface area (Å²) in [5.41, 5.74) is 0.779. The molecule has 0 spiro atoms. The van der Waals surface area contributed by atoms with Gasteiger partial charge < -0.3 is 5.32 Å². The number of benzene rings is 1. The standard InChI is InChI=1S/C12H13BrN4OS/c1-3-17-12(15-11(13)16-17)19-10-7-5-4-6-9(10)14-8(2)18/h4-7H,3H2,1-2H3,(H,14,18). The van der Waals surface area contributed by atoms with Crippen molar-refractivity contribution < 1.29 is 4.79 Å². The number of carbonyl (C=O) groups excluding carboxylic acids is 1. The molecule has 0 bridgehead atoms. The first-order chi connectivity index (χ1) is 9.10. The molecule has 0 unspecified atom stereocenters. The molecule has 0 fully saturated rings. The molecule has 19 heavy (non-hydrogen) atoms. The smallest absolute Gasteiger partial charge is 0.221 e. The number of para-hydroxylation sites is 1. The lowest BCUT2D eigenvalue weighted by Crippen LogP contribution is -2.06. The topological polar surface area (TPSA) is 59.8 Å². The highest BCUT2D eigenvalue weighted by Crippen LogP contribution is 2.32. The molecule has 0 saturated carbocycles. The van der Waals surface area contributed by atoms with Gasteiger partial charge in [0.2, 0.25) is 10.6 Å². The van der Waals surface area contributed by atoms with Crippen LogP contribution in [-0.2, 0) is 11.3 Å². The van der Waals surface area contributed by atoms with E-state index in [0.29, 0.717) is 4.73 Å². The molecule has 1 aromatic carbocycles. The molecule has 7 heteroatoms. The minimum absolute atomic E-state index is 0.0915. The van der Waals surface area contributed by atoms with Crippen LogP contribution in [0.3, 0.4) is 0 Å². The summed E-state index contributed by atoms with van der Waals surface area (Å²) in [6.45, 7) is 4.24. The van der Waals surface area contributed by atoms with E-state index >= 15 is 0 Å². The van der Waals surface area contributed by atoms with E-state index in [9.17, 15) is 4.79 Å². The van der Waals surface area contributed by atoms with E-state index < -0.39 is 0 Å². The van der Waals surface area contributed by atoms with Gasteiger partial charge in [-0.3, -0.25) is 4.79 Å². The molecule has 2 aromatic rings. The lowest BCUT2D eigenvalue weighted by molar-refractivity contribution is -0.114. The van der Waals surface area contributed by atoms with Crippen molar-refractivity contribution in [3.05, 3.63) is 29.0 Å². The van der Waals surface area contributed by atoms with Crippen molar-refractivity contribution in [3.63, 3.8) is 0 Å². The van der Waals surface area contributed by atoms with E-state index in [0.717, 1.165) is 22.3 Å². The van der Waals surface area contributed by atoms with Crippen LogP contribution in [0, 0.1) is 0 Å². The van der Waals surface area contributed by atoms with Crippen LogP contribution < -0.4 is 5.32 Å². The molecule has 0 saturated heterocycles. The van der Waals surface area contributed by atoms with E-state index in [-0.39, 0.29) is 5.91 Å². The van der Waals surface area contributed by atoms with Crippen LogP contribution in [0.15, 0.2) is 39.1 Å². The molecule has 5 nitrogen and oxygen atoms in total. The summed E-state index contributed by atoms with van der Waals surface area (Å²) >= 11 is 4.74. The van der Waals surface area contributed by atoms with Crippen LogP contribution in [0.1, 0.15) is 13.8 Å². The second kappa shape index (κ2) is 6.21. The van der Waals surface area contributed by atoms with Crippen LogP contribution in [0.4, 0.5) is 5.69 Å². The van der Waals surface area contributed by atoms with Gasteiger partial charge in [0.05, 0.1) is 5.69 Å². The monoisotopic (exact) mass is 340 g/mol. The van der Waals surface area contributed by atoms with Crippen molar-refractivity contribution in [3.8, 4) is 0 Å². The van der Waals surface area contributed by atoms with Crippen molar-refractivity contribution in [2.24, 2.45) is 0 Å². The van der Waals surface area contributed by atoms with Gasteiger partial charge in [0.1, 0.15) is 0 Å². The second-order valence-corrected chi connectivity index (χ2v) is 5.48. The van der Waals surface area contributed by atoms with Gasteiger partial charge in [-0.25, -0.2) is 4.68 Å². The summed E-state index contributed by atoms with van der Waals surface area (Å²) in [5.74, 6) is -0.0915. The average molecular weight is 341 g/mol. The van der Waals surface area contributed by atoms with Crippen LogP contribution >= 0.6 is 27.7 Å². The predicted octanol–water partition coefficient (Wildman–Crippen LogP) is 3.17. The van der Waals surface area contributed by atoms with Gasteiger partial charge in [0.15, 0.2) is 5.16 Å². The van der Waals surface area contributed by atoms with E-state index in [1.807, 2.05) is 31.2 Å². The number of aryl methyl sites for hydroxylation is 1. The highest BCUT2D eigenvalue weighted by atomic mass is 79.9. The maximum atomic E-state index is 11.2. The molecule has 1 aromatic heterocycles. The molecule has 0 aliphatic carbocycles. The van der Waals surface area contributed by atoms with Crippen molar-refractivity contribution in [2.45, 2.75) is 30.4 Å². The minimum Gasteiger partial charge on any atom is -0.325 e. The van der Waals surface area contributed by atoms with Gasteiger partial charge in [0.25, 0.3) is 0 Å². The highest BCUT2D eigenvalue weighted by molar-refractivity contribution is 9.10. The fraction of sp³-hybridized carbons (Fsp3) is 0.250. The Morgan fingerprint density at radius 2 is 2.21 bits per heavy atom. The van der Waals surface area contributed by atoms with E-state index in [1.54, 1.807) is 4.68 Å². The van der Waals surface area contributed by atoms with Gasteiger partial charge >= 0.3 is 0 Å². The van der Waals surface area contributed by atoms with E-state index in [4.69, 9.17) is 0 Å². The minimum atomic E-state index is -0.0915. The molecule has 1 amide bonds. The van der Waals surface area contributed by atoms with Crippen molar-refractivity contribution >= 4 is 39.3 Å². The number of halogens is 1. The Balaban J connectivity index is 2.29.